The molecule has 15 nitrogen and oxygen atoms in total. The van der Waals surface area contributed by atoms with Gasteiger partial charge in [-0.2, -0.15) is 0 Å². The molecule has 0 saturated heterocycles. The summed E-state index contributed by atoms with van der Waals surface area (Å²) in [6.45, 7) is 59.0. The van der Waals surface area contributed by atoms with Crippen LogP contribution in [0, 0.1) is 6.92 Å². The van der Waals surface area contributed by atoms with E-state index in [1.54, 1.807) is 61.2 Å². The normalized spacial score (nSPS) is 10.3. The van der Waals surface area contributed by atoms with Crippen LogP contribution in [0.4, 0.5) is 5.69 Å². The van der Waals surface area contributed by atoms with Gasteiger partial charge in [-0.1, -0.05) is 370 Å². The molecule has 0 aliphatic rings. The summed E-state index contributed by atoms with van der Waals surface area (Å²) in [5, 5.41) is 2.73. The Balaban J connectivity index is 0.000000738. The summed E-state index contributed by atoms with van der Waals surface area (Å²) in [6, 6.07) is 84.4. The minimum atomic E-state index is -0.348. The fourth-order valence-electron chi connectivity index (χ4n) is 12.9. The van der Waals surface area contributed by atoms with E-state index in [0.717, 1.165) is 61.9 Å². The quantitative estimate of drug-likeness (QED) is 0.0450. The van der Waals surface area contributed by atoms with E-state index >= 15 is 0 Å². The van der Waals surface area contributed by atoms with Gasteiger partial charge < -0.3 is 34.7 Å². The molecule has 0 unspecified atom stereocenters. The van der Waals surface area contributed by atoms with Crippen molar-refractivity contribution in [3.63, 3.8) is 0 Å². The van der Waals surface area contributed by atoms with Gasteiger partial charge in [0.15, 0.2) is 23.1 Å². The van der Waals surface area contributed by atoms with Gasteiger partial charge in [-0.3, -0.25) is 28.8 Å². The number of anilines is 1. The summed E-state index contributed by atoms with van der Waals surface area (Å²) < 4.78 is 25.3. The SMILES string of the molecule is CC(=O)Nc1ccc(C(C)C)cc1.CC(=O)c1ccc(C(C)C)cc1.CC(=O)c1ccc(C(C)C)cc1.CC(=O)c1ccc(C(C)C)cc1.CC(=O)c1ccc(C(C)C)cc1.CC(C)c1ccccc1C(N)=O.CCOC(=O)c1ccccc1C(C)C.COC(=O)c1ccccc1C(C)C.COc1ccc(C(C)C)c(OC)c1.COc1ccccc1C(C)C.Cc1ccc(C(C)C)cc1. The molecule has 0 aromatic heterocycles. The Morgan fingerprint density at radius 3 is 0.791 bits per heavy atom. The third kappa shape index (κ3) is 45.7. The first-order valence-electron chi connectivity index (χ1n) is 46.7. The monoisotopic (exact) mass is 1820 g/mol. The average molecular weight is 1820 g/mol. The number of amides is 2. The maximum absolute atomic E-state index is 11.5. The van der Waals surface area contributed by atoms with Crippen molar-refractivity contribution in [2.45, 2.75) is 266 Å². The number of benzene rings is 11. The van der Waals surface area contributed by atoms with Crippen LogP contribution in [0.25, 0.3) is 0 Å². The van der Waals surface area contributed by atoms with Gasteiger partial charge in [0, 0.05) is 46.5 Å². The number of carbonyl (C=O) groups excluding carboxylic acids is 8. The number of hydrogen-bond acceptors (Lipinski definition) is 13. The molecule has 0 radical (unpaired) electrons. The van der Waals surface area contributed by atoms with Gasteiger partial charge in [-0.05, 0) is 210 Å². The number of nitrogens with two attached hydrogens (primary N) is 1. The number of hydrogen-bond donors (Lipinski definition) is 2. The molecule has 11 rings (SSSR count). The topological polar surface area (TPSA) is 221 Å². The lowest BCUT2D eigenvalue weighted by Gasteiger charge is -2.12. The third-order valence-corrected chi connectivity index (χ3v) is 21.3. The molecule has 0 fully saturated rings. The summed E-state index contributed by atoms with van der Waals surface area (Å²) in [7, 11) is 6.45. The van der Waals surface area contributed by atoms with E-state index in [1.807, 2.05) is 239 Å². The van der Waals surface area contributed by atoms with Gasteiger partial charge in [-0.25, -0.2) is 9.59 Å². The van der Waals surface area contributed by atoms with E-state index in [2.05, 4.69) is 186 Å². The van der Waals surface area contributed by atoms with Gasteiger partial charge in [0.05, 0.1) is 46.2 Å². The van der Waals surface area contributed by atoms with E-state index in [1.165, 1.54) is 64.1 Å². The number of carbonyl (C=O) groups is 8. The first-order valence-corrected chi connectivity index (χ1v) is 46.7. The number of aryl methyl sites for hydroxylation is 1. The highest BCUT2D eigenvalue weighted by atomic mass is 16.5. The molecule has 0 heterocycles. The summed E-state index contributed by atoms with van der Waals surface area (Å²) in [4.78, 5) is 88.2. The summed E-state index contributed by atoms with van der Waals surface area (Å²) in [5.41, 5.74) is 26.0. The number of methoxy groups -OCH3 is 4. The zero-order chi connectivity index (χ0) is 102. The molecule has 722 valence electrons. The molecule has 0 aliphatic heterocycles. The van der Waals surface area contributed by atoms with Crippen LogP contribution in [-0.2, 0) is 14.3 Å². The van der Waals surface area contributed by atoms with Gasteiger partial charge >= 0.3 is 11.9 Å². The first-order chi connectivity index (χ1) is 63.1. The van der Waals surface area contributed by atoms with Gasteiger partial charge in [0.25, 0.3) is 0 Å². The minimum absolute atomic E-state index is 0.0303. The van der Waals surface area contributed by atoms with E-state index in [4.69, 9.17) is 24.7 Å². The molecule has 0 bridgehead atoms. The van der Waals surface area contributed by atoms with Crippen molar-refractivity contribution < 1.29 is 62.0 Å². The molecule has 15 heteroatoms. The molecule has 134 heavy (non-hydrogen) atoms. The number of nitrogens with one attached hydrogen (secondary N) is 1. The van der Waals surface area contributed by atoms with Crippen molar-refractivity contribution >= 4 is 52.6 Å². The highest BCUT2D eigenvalue weighted by Gasteiger charge is 2.17. The highest BCUT2D eigenvalue weighted by Crippen LogP contribution is 2.31. The van der Waals surface area contributed by atoms with Crippen molar-refractivity contribution in [2.24, 2.45) is 5.73 Å². The van der Waals surface area contributed by atoms with Crippen molar-refractivity contribution in [1.29, 1.82) is 0 Å². The van der Waals surface area contributed by atoms with Crippen LogP contribution >= 0.6 is 0 Å². The number of primary amides is 1. The zero-order valence-corrected chi connectivity index (χ0v) is 86.8. The predicted octanol–water partition coefficient (Wildman–Crippen LogP) is 31.1. The molecular formula is C119H158N2O13. The number of para-hydroxylation sites is 1. The number of ketones is 4. The fourth-order valence-corrected chi connectivity index (χ4v) is 12.9. The third-order valence-electron chi connectivity index (χ3n) is 21.3. The largest absolute Gasteiger partial charge is 0.497 e. The van der Waals surface area contributed by atoms with Crippen molar-refractivity contribution in [3.05, 3.63) is 367 Å². The number of rotatable bonds is 23. The lowest BCUT2D eigenvalue weighted by atomic mass is 9.97. The molecule has 2 amide bonds. The second kappa shape index (κ2) is 64.3. The smallest absolute Gasteiger partial charge is 0.338 e. The molecule has 0 spiro atoms. The van der Waals surface area contributed by atoms with Crippen molar-refractivity contribution in [3.8, 4) is 17.2 Å². The lowest BCUT2D eigenvalue weighted by Crippen LogP contribution is -2.14. The zero-order valence-electron chi connectivity index (χ0n) is 86.8. The van der Waals surface area contributed by atoms with Crippen molar-refractivity contribution in [2.75, 3.05) is 40.4 Å². The standard InChI is InChI=1S/C12H16O2.C11H15NO.C11H16O2.C11H14O2.4C11H14O.C10H13NO.C10H14O.C10H14/c1-4-14-12(13)11-8-6-5-7-10(11)9(2)3;1-8(2)10-4-6-11(7-5-10)12-9(3)13;1-8(2)10-6-5-9(12-3)7-11(10)13-4;1-8(2)9-6-4-5-7-10(9)11(12)13-3;4*1-8(2)10-4-6-11(7-5-10)9(3)12;1-7(2)8-5-3-4-6-9(8)10(11)12;1-8(2)9-6-4-5-7-10(9)11-3;1-8(2)10-6-4-9(3)5-7-10/h5-9H,4H2,1-3H3;4-8H,1-3H3,(H,12,13);5-8H,1-4H3;4-8H,1-3H3;4*4-8H,1-3H3;3-7H,1-2H3,(H2,11,12);4-8H,1-3H3;4-8H,1-3H3. The second-order valence-corrected chi connectivity index (χ2v) is 35.8. The number of Topliss-reactive ketones (excluding diaryl/α,β-unsaturated/α-hetero) is 4. The molecule has 3 N–H and O–H groups in total. The summed E-state index contributed by atoms with van der Waals surface area (Å²) in [6.07, 6.45) is 0. The molecule has 11 aromatic carbocycles. The van der Waals surface area contributed by atoms with E-state index in [-0.39, 0.29) is 46.9 Å². The Kier molecular flexibility index (Phi) is 57.3. The highest BCUT2D eigenvalue weighted by molar-refractivity contribution is 5.97. The van der Waals surface area contributed by atoms with Crippen LogP contribution in [0.5, 0.6) is 17.2 Å². The van der Waals surface area contributed by atoms with Crippen molar-refractivity contribution in [1.82, 2.24) is 0 Å². The average Bonchev–Trinajstić information content (AvgIpc) is 0.854. The van der Waals surface area contributed by atoms with Crippen LogP contribution in [0.1, 0.15) is 398 Å². The van der Waals surface area contributed by atoms with E-state index in [0.29, 0.717) is 88.4 Å². The Morgan fingerprint density at radius 2 is 0.545 bits per heavy atom. The maximum Gasteiger partial charge on any atom is 0.338 e. The maximum atomic E-state index is 11.5. The molecular weight excluding hydrogens is 1670 g/mol. The van der Waals surface area contributed by atoms with Gasteiger partial charge in [0.1, 0.15) is 17.2 Å². The van der Waals surface area contributed by atoms with Crippen LogP contribution < -0.4 is 25.3 Å². The summed E-state index contributed by atoms with van der Waals surface area (Å²) in [5.74, 6) is 7.73. The lowest BCUT2D eigenvalue weighted by molar-refractivity contribution is -0.114. The predicted molar refractivity (Wildman–Crippen MR) is 560 cm³/mol. The van der Waals surface area contributed by atoms with Crippen LogP contribution in [-0.4, -0.2) is 81.9 Å². The first kappa shape index (κ1) is 119. The van der Waals surface area contributed by atoms with Gasteiger partial charge in [0.2, 0.25) is 11.8 Å². The molecule has 11 aromatic rings. The van der Waals surface area contributed by atoms with Crippen LogP contribution in [0.15, 0.2) is 261 Å². The van der Waals surface area contributed by atoms with Crippen LogP contribution in [0.2, 0.25) is 0 Å². The molecule has 0 saturated carbocycles. The Labute approximate surface area is 805 Å². The number of esters is 2. The second-order valence-electron chi connectivity index (χ2n) is 35.8. The number of ether oxygens (including phenoxy) is 5. The molecule has 0 atom stereocenters. The minimum Gasteiger partial charge on any atom is -0.497 e. The molecule has 0 aliphatic carbocycles. The Hall–Kier alpha value is -12.6. The summed E-state index contributed by atoms with van der Waals surface area (Å²) >= 11 is 0. The van der Waals surface area contributed by atoms with E-state index in [9.17, 15) is 38.4 Å². The fraction of sp³-hybridized carbons (Fsp3) is 0.378. The van der Waals surface area contributed by atoms with Gasteiger partial charge in [-0.15, -0.1) is 0 Å². The van der Waals surface area contributed by atoms with Crippen LogP contribution in [0.3, 0.4) is 0 Å². The van der Waals surface area contributed by atoms with E-state index < -0.39 is 0 Å². The Bertz CT molecular complexity index is 5020. The Morgan fingerprint density at radius 1 is 0.284 bits per heavy atom.